The van der Waals surface area contributed by atoms with Gasteiger partial charge in [0.15, 0.2) is 11.5 Å². The van der Waals surface area contributed by atoms with Crippen molar-refractivity contribution in [3.8, 4) is 11.5 Å². The molecule has 1 aromatic rings. The maximum Gasteiger partial charge on any atom is 0.255 e. The Morgan fingerprint density at radius 1 is 1.60 bits per heavy atom. The minimum atomic E-state index is -0.289. The van der Waals surface area contributed by atoms with Crippen LogP contribution in [0.3, 0.4) is 0 Å². The lowest BCUT2D eigenvalue weighted by atomic mass is 10.1. The highest BCUT2D eigenvalue weighted by Gasteiger charge is 2.13. The summed E-state index contributed by atoms with van der Waals surface area (Å²) in [4.78, 5) is 11.6. The van der Waals surface area contributed by atoms with Crippen LogP contribution in [0, 0.1) is 0 Å². The molecule has 0 saturated heterocycles. The number of rotatable bonds is 4. The molecule has 1 aromatic carbocycles. The number of benzene rings is 1. The lowest BCUT2D eigenvalue weighted by Crippen LogP contribution is -2.25. The van der Waals surface area contributed by atoms with Crippen molar-refractivity contribution in [1.82, 2.24) is 5.32 Å². The molecule has 0 heterocycles. The molecule has 0 atom stereocenters. The van der Waals surface area contributed by atoms with Crippen molar-refractivity contribution in [3.05, 3.63) is 23.8 Å². The van der Waals surface area contributed by atoms with Gasteiger partial charge in [0, 0.05) is 11.0 Å². The first-order valence-corrected chi connectivity index (χ1v) is 5.93. The van der Waals surface area contributed by atoms with Crippen molar-refractivity contribution in [2.75, 3.05) is 18.1 Å². The smallest absolute Gasteiger partial charge is 0.255 e. The second-order valence-electron chi connectivity index (χ2n) is 2.80. The summed E-state index contributed by atoms with van der Waals surface area (Å²) >= 11 is 2.16. The topological polar surface area (TPSA) is 58.6 Å². The molecule has 0 aliphatic heterocycles. The number of amides is 1. The van der Waals surface area contributed by atoms with Gasteiger partial charge in [-0.25, -0.2) is 0 Å². The Hall–Kier alpha value is -0.980. The number of aromatic hydroxyl groups is 1. The van der Waals surface area contributed by atoms with E-state index in [1.165, 1.54) is 7.11 Å². The van der Waals surface area contributed by atoms with Crippen LogP contribution in [0.25, 0.3) is 0 Å². The van der Waals surface area contributed by atoms with E-state index in [2.05, 4.69) is 27.9 Å². The molecule has 4 nitrogen and oxygen atoms in total. The zero-order valence-electron chi connectivity index (χ0n) is 8.29. The summed E-state index contributed by atoms with van der Waals surface area (Å²) < 4.78 is 5.74. The number of halogens is 1. The Balaban J connectivity index is 2.89. The molecule has 0 saturated carbocycles. The van der Waals surface area contributed by atoms with Crippen LogP contribution in [0.1, 0.15) is 10.4 Å². The molecule has 0 aliphatic carbocycles. The molecule has 2 N–H and O–H groups in total. The number of phenolic OH excluding ortho intramolecular Hbond substituents is 1. The van der Waals surface area contributed by atoms with Crippen LogP contribution in [0.4, 0.5) is 0 Å². The number of carbonyl (C=O) groups excluding carboxylic acids is 1. The number of phenols is 1. The molecule has 0 unspecified atom stereocenters. The molecule has 0 aliphatic rings. The maximum atomic E-state index is 11.6. The molecule has 5 heteroatoms. The van der Waals surface area contributed by atoms with E-state index in [-0.39, 0.29) is 17.2 Å². The normalized spacial score (nSPS) is 9.73. The molecule has 0 aromatic heterocycles. The van der Waals surface area contributed by atoms with Gasteiger partial charge in [-0.15, -0.1) is 0 Å². The number of ether oxygens (including phenoxy) is 1. The quantitative estimate of drug-likeness (QED) is 0.654. The second kappa shape index (κ2) is 5.79. The van der Waals surface area contributed by atoms with Crippen molar-refractivity contribution in [2.45, 2.75) is 0 Å². The van der Waals surface area contributed by atoms with Crippen LogP contribution in [0.5, 0.6) is 11.5 Å². The highest BCUT2D eigenvalue weighted by Crippen LogP contribution is 2.28. The number of carbonyl (C=O) groups is 1. The van der Waals surface area contributed by atoms with Crippen LogP contribution in [-0.4, -0.2) is 29.1 Å². The monoisotopic (exact) mass is 321 g/mol. The first-order valence-electron chi connectivity index (χ1n) is 4.40. The lowest BCUT2D eigenvalue weighted by molar-refractivity contribution is 0.0953. The highest BCUT2D eigenvalue weighted by molar-refractivity contribution is 14.1. The van der Waals surface area contributed by atoms with Crippen LogP contribution in [0.2, 0.25) is 0 Å². The van der Waals surface area contributed by atoms with Gasteiger partial charge >= 0.3 is 0 Å². The Labute approximate surface area is 102 Å². The van der Waals surface area contributed by atoms with E-state index in [1.54, 1.807) is 18.2 Å². The fourth-order valence-electron chi connectivity index (χ4n) is 1.13. The second-order valence-corrected chi connectivity index (χ2v) is 3.88. The summed E-state index contributed by atoms with van der Waals surface area (Å²) in [7, 11) is 1.45. The van der Waals surface area contributed by atoms with E-state index in [4.69, 9.17) is 4.74 Å². The van der Waals surface area contributed by atoms with Crippen LogP contribution in [0.15, 0.2) is 18.2 Å². The van der Waals surface area contributed by atoms with Gasteiger partial charge in [0.25, 0.3) is 5.91 Å². The summed E-state index contributed by atoms with van der Waals surface area (Å²) in [6, 6.07) is 4.82. The average Bonchev–Trinajstić information content (AvgIpc) is 2.26. The fraction of sp³-hybridized carbons (Fsp3) is 0.300. The Bertz CT molecular complexity index is 355. The SMILES string of the molecule is COc1cccc(C(=O)NCCI)c1O. The molecule has 0 spiro atoms. The average molecular weight is 321 g/mol. The molecule has 1 rings (SSSR count). The number of alkyl halides is 1. The van der Waals surface area contributed by atoms with Crippen molar-refractivity contribution in [1.29, 1.82) is 0 Å². The van der Waals surface area contributed by atoms with Gasteiger partial charge in [-0.05, 0) is 12.1 Å². The Morgan fingerprint density at radius 2 is 2.33 bits per heavy atom. The summed E-state index contributed by atoms with van der Waals surface area (Å²) in [5, 5.41) is 12.3. The largest absolute Gasteiger partial charge is 0.504 e. The standard InChI is InChI=1S/C10H12INO3/c1-15-8-4-2-3-7(9(8)13)10(14)12-6-5-11/h2-4,13H,5-6H2,1H3,(H,12,14). The van der Waals surface area contributed by atoms with Crippen molar-refractivity contribution >= 4 is 28.5 Å². The molecule has 82 valence electrons. The van der Waals surface area contributed by atoms with Gasteiger partial charge in [-0.1, -0.05) is 28.7 Å². The lowest BCUT2D eigenvalue weighted by Gasteiger charge is -2.08. The summed E-state index contributed by atoms with van der Waals surface area (Å²) in [6.45, 7) is 0.579. The van der Waals surface area contributed by atoms with E-state index in [9.17, 15) is 9.90 Å². The molecule has 15 heavy (non-hydrogen) atoms. The third-order valence-electron chi connectivity index (χ3n) is 1.84. The summed E-state index contributed by atoms with van der Waals surface area (Å²) in [5.41, 5.74) is 0.235. The van der Waals surface area contributed by atoms with Gasteiger partial charge in [0.05, 0.1) is 12.7 Å². The van der Waals surface area contributed by atoms with Crippen molar-refractivity contribution < 1.29 is 14.6 Å². The van der Waals surface area contributed by atoms with E-state index in [0.29, 0.717) is 12.3 Å². The van der Waals surface area contributed by atoms with E-state index in [0.717, 1.165) is 4.43 Å². The molecular weight excluding hydrogens is 309 g/mol. The van der Waals surface area contributed by atoms with E-state index >= 15 is 0 Å². The van der Waals surface area contributed by atoms with Gasteiger partial charge in [-0.2, -0.15) is 0 Å². The third-order valence-corrected chi connectivity index (χ3v) is 2.38. The minimum absolute atomic E-state index is 0.119. The number of nitrogens with one attached hydrogen (secondary N) is 1. The molecular formula is C10H12INO3. The number of hydrogen-bond acceptors (Lipinski definition) is 3. The maximum absolute atomic E-state index is 11.6. The fourth-order valence-corrected chi connectivity index (χ4v) is 1.40. The van der Waals surface area contributed by atoms with Crippen LogP contribution < -0.4 is 10.1 Å². The van der Waals surface area contributed by atoms with Gasteiger partial charge in [0.2, 0.25) is 0 Å². The van der Waals surface area contributed by atoms with Gasteiger partial charge in [-0.3, -0.25) is 4.79 Å². The van der Waals surface area contributed by atoms with Crippen LogP contribution in [-0.2, 0) is 0 Å². The number of methoxy groups -OCH3 is 1. The predicted molar refractivity (Wildman–Crippen MR) is 65.9 cm³/mol. The minimum Gasteiger partial charge on any atom is -0.504 e. The van der Waals surface area contributed by atoms with Crippen molar-refractivity contribution in [3.63, 3.8) is 0 Å². The molecule has 0 bridgehead atoms. The Kier molecular flexibility index (Phi) is 4.67. The molecule has 1 amide bonds. The van der Waals surface area contributed by atoms with Crippen molar-refractivity contribution in [2.24, 2.45) is 0 Å². The number of hydrogen-bond donors (Lipinski definition) is 2. The van der Waals surface area contributed by atoms with E-state index < -0.39 is 0 Å². The van der Waals surface area contributed by atoms with Gasteiger partial charge in [0.1, 0.15) is 0 Å². The summed E-state index contributed by atoms with van der Waals surface area (Å²) in [6.07, 6.45) is 0. The highest BCUT2D eigenvalue weighted by atomic mass is 127. The molecule has 0 fully saturated rings. The Morgan fingerprint density at radius 3 is 2.93 bits per heavy atom. The predicted octanol–water partition coefficient (Wildman–Crippen LogP) is 1.57. The number of para-hydroxylation sites is 1. The summed E-state index contributed by atoms with van der Waals surface area (Å²) in [5.74, 6) is -0.105. The zero-order chi connectivity index (χ0) is 11.3. The molecule has 0 radical (unpaired) electrons. The van der Waals surface area contributed by atoms with Gasteiger partial charge < -0.3 is 15.2 Å². The first kappa shape index (κ1) is 12.1. The first-order chi connectivity index (χ1) is 7.20. The van der Waals surface area contributed by atoms with E-state index in [1.807, 2.05) is 0 Å². The third kappa shape index (κ3) is 2.98. The zero-order valence-corrected chi connectivity index (χ0v) is 10.4. The van der Waals surface area contributed by atoms with Crippen LogP contribution >= 0.6 is 22.6 Å².